The molecule has 0 aliphatic rings. The number of nitrogens with zero attached hydrogens (tertiary/aromatic N) is 2. The predicted molar refractivity (Wildman–Crippen MR) is 62.5 cm³/mol. The number of rotatable bonds is 6. The molecule has 18 heavy (non-hydrogen) atoms. The van der Waals surface area contributed by atoms with Crippen LogP contribution in [0.4, 0.5) is 20.2 Å². The van der Waals surface area contributed by atoms with Gasteiger partial charge < -0.3 is 10.0 Å². The van der Waals surface area contributed by atoms with Crippen molar-refractivity contribution in [3.63, 3.8) is 0 Å². The minimum absolute atomic E-state index is 0.00231. The first-order valence-electron chi connectivity index (χ1n) is 5.11. The van der Waals surface area contributed by atoms with Crippen molar-refractivity contribution >= 4 is 11.4 Å². The Hall–Kier alpha value is -2.02. The monoisotopic (exact) mass is 258 g/mol. The highest BCUT2D eigenvalue weighted by atomic mass is 19.1. The minimum atomic E-state index is -1.04. The Bertz CT molecular complexity index is 443. The van der Waals surface area contributed by atoms with E-state index in [9.17, 15) is 18.9 Å². The minimum Gasteiger partial charge on any atom is -0.395 e. The van der Waals surface area contributed by atoms with Crippen LogP contribution in [0.3, 0.4) is 0 Å². The number of anilines is 1. The van der Waals surface area contributed by atoms with Gasteiger partial charge in [-0.15, -0.1) is 6.58 Å². The van der Waals surface area contributed by atoms with Gasteiger partial charge in [-0.1, -0.05) is 6.08 Å². The van der Waals surface area contributed by atoms with Crippen molar-refractivity contribution in [1.29, 1.82) is 0 Å². The topological polar surface area (TPSA) is 66.6 Å². The average molecular weight is 258 g/mol. The summed E-state index contributed by atoms with van der Waals surface area (Å²) in [6, 6.07) is 1.29. The second-order valence-corrected chi connectivity index (χ2v) is 3.47. The second kappa shape index (κ2) is 6.06. The number of nitro groups is 1. The molecule has 0 fully saturated rings. The molecule has 0 saturated carbocycles. The molecule has 7 heteroatoms. The summed E-state index contributed by atoms with van der Waals surface area (Å²) >= 11 is 0. The van der Waals surface area contributed by atoms with E-state index in [-0.39, 0.29) is 19.7 Å². The molecule has 0 radical (unpaired) electrons. The summed E-state index contributed by atoms with van der Waals surface area (Å²) in [5, 5.41) is 19.3. The Morgan fingerprint density at radius 3 is 2.39 bits per heavy atom. The highest BCUT2D eigenvalue weighted by Crippen LogP contribution is 2.27. The third-order valence-electron chi connectivity index (χ3n) is 2.25. The van der Waals surface area contributed by atoms with Gasteiger partial charge in [0.1, 0.15) is 5.69 Å². The third-order valence-corrected chi connectivity index (χ3v) is 2.25. The van der Waals surface area contributed by atoms with Crippen LogP contribution >= 0.6 is 0 Å². The lowest BCUT2D eigenvalue weighted by Crippen LogP contribution is -2.28. The van der Waals surface area contributed by atoms with Crippen LogP contribution < -0.4 is 4.90 Å². The maximum Gasteiger partial charge on any atom is 0.275 e. The van der Waals surface area contributed by atoms with Crippen molar-refractivity contribution in [2.24, 2.45) is 0 Å². The van der Waals surface area contributed by atoms with E-state index in [0.717, 1.165) is 0 Å². The zero-order chi connectivity index (χ0) is 13.7. The zero-order valence-corrected chi connectivity index (χ0v) is 9.47. The first-order chi connectivity index (χ1) is 8.51. The summed E-state index contributed by atoms with van der Waals surface area (Å²) in [7, 11) is 0. The lowest BCUT2D eigenvalue weighted by molar-refractivity contribution is -0.385. The number of halogens is 2. The quantitative estimate of drug-likeness (QED) is 0.480. The molecule has 0 heterocycles. The number of non-ortho nitro benzene ring substituents is 1. The predicted octanol–water partition coefficient (Wildman–Crippen LogP) is 1.86. The maximum absolute atomic E-state index is 13.7. The number of hydrogen-bond donors (Lipinski definition) is 1. The fraction of sp³-hybridized carbons (Fsp3) is 0.273. The summed E-state index contributed by atoms with van der Waals surface area (Å²) in [5.41, 5.74) is -1.06. The molecule has 0 unspecified atom stereocenters. The number of nitro benzene ring substituents is 1. The number of hydrogen-bond acceptors (Lipinski definition) is 4. The van der Waals surface area contributed by atoms with Crippen molar-refractivity contribution in [3.8, 4) is 0 Å². The maximum atomic E-state index is 13.7. The largest absolute Gasteiger partial charge is 0.395 e. The SMILES string of the molecule is C=CCN(CCO)c1c(F)cc([N+](=O)[O-])cc1F. The zero-order valence-electron chi connectivity index (χ0n) is 9.47. The highest BCUT2D eigenvalue weighted by molar-refractivity contribution is 5.54. The molecule has 1 aromatic rings. The van der Waals surface area contributed by atoms with E-state index in [1.54, 1.807) is 0 Å². The van der Waals surface area contributed by atoms with Crippen LogP contribution in [0.5, 0.6) is 0 Å². The van der Waals surface area contributed by atoms with Gasteiger partial charge in [0.2, 0.25) is 0 Å². The van der Waals surface area contributed by atoms with Gasteiger partial charge in [-0.2, -0.15) is 0 Å². The highest BCUT2D eigenvalue weighted by Gasteiger charge is 2.20. The van der Waals surface area contributed by atoms with Gasteiger partial charge >= 0.3 is 0 Å². The Morgan fingerprint density at radius 2 is 2.00 bits per heavy atom. The number of benzene rings is 1. The van der Waals surface area contributed by atoms with Gasteiger partial charge in [0.25, 0.3) is 5.69 Å². The van der Waals surface area contributed by atoms with E-state index < -0.39 is 27.9 Å². The first-order valence-corrected chi connectivity index (χ1v) is 5.11. The molecule has 0 aliphatic heterocycles. The van der Waals surface area contributed by atoms with Crippen LogP contribution in [0.1, 0.15) is 0 Å². The number of aliphatic hydroxyl groups is 1. The van der Waals surface area contributed by atoms with E-state index in [1.807, 2.05) is 0 Å². The van der Waals surface area contributed by atoms with Crippen LogP contribution in [0, 0.1) is 21.7 Å². The van der Waals surface area contributed by atoms with E-state index in [1.165, 1.54) is 11.0 Å². The Kier molecular flexibility index (Phi) is 4.73. The molecular weight excluding hydrogens is 246 g/mol. The molecule has 0 amide bonds. The van der Waals surface area contributed by atoms with Gasteiger partial charge in [-0.25, -0.2) is 8.78 Å². The third kappa shape index (κ3) is 3.01. The Morgan fingerprint density at radius 1 is 1.44 bits per heavy atom. The van der Waals surface area contributed by atoms with Crippen LogP contribution in [0.15, 0.2) is 24.8 Å². The summed E-state index contributed by atoms with van der Waals surface area (Å²) in [4.78, 5) is 10.8. The molecule has 98 valence electrons. The Labute approximate surface area is 102 Å². The van der Waals surface area contributed by atoms with Gasteiger partial charge in [0, 0.05) is 13.1 Å². The number of aliphatic hydroxyl groups excluding tert-OH is 1. The van der Waals surface area contributed by atoms with E-state index in [0.29, 0.717) is 12.1 Å². The summed E-state index contributed by atoms with van der Waals surface area (Å²) in [6.45, 7) is 3.25. The van der Waals surface area contributed by atoms with E-state index in [2.05, 4.69) is 6.58 Å². The normalized spacial score (nSPS) is 10.2. The van der Waals surface area contributed by atoms with Crippen molar-refractivity contribution < 1.29 is 18.8 Å². The molecule has 0 bridgehead atoms. The van der Waals surface area contributed by atoms with Crippen molar-refractivity contribution in [2.75, 3.05) is 24.6 Å². The van der Waals surface area contributed by atoms with Crippen LogP contribution in [-0.4, -0.2) is 29.7 Å². The molecule has 0 spiro atoms. The van der Waals surface area contributed by atoms with Crippen molar-refractivity contribution in [3.05, 3.63) is 46.5 Å². The smallest absolute Gasteiger partial charge is 0.275 e. The molecule has 1 N–H and O–H groups in total. The molecular formula is C11H12F2N2O3. The fourth-order valence-electron chi connectivity index (χ4n) is 1.53. The van der Waals surface area contributed by atoms with Crippen molar-refractivity contribution in [1.82, 2.24) is 0 Å². The van der Waals surface area contributed by atoms with Crippen molar-refractivity contribution in [2.45, 2.75) is 0 Å². The molecule has 0 atom stereocenters. The van der Waals surface area contributed by atoms with E-state index >= 15 is 0 Å². The summed E-state index contributed by atoms with van der Waals surface area (Å²) < 4.78 is 27.3. The second-order valence-electron chi connectivity index (χ2n) is 3.47. The summed E-state index contributed by atoms with van der Waals surface area (Å²) in [6.07, 6.45) is 1.41. The van der Waals surface area contributed by atoms with Gasteiger partial charge in [-0.05, 0) is 0 Å². The molecule has 0 aromatic heterocycles. The van der Waals surface area contributed by atoms with Gasteiger partial charge in [-0.3, -0.25) is 10.1 Å². The Balaban J connectivity index is 3.22. The van der Waals surface area contributed by atoms with Gasteiger partial charge in [0.05, 0.1) is 23.7 Å². The van der Waals surface area contributed by atoms with Gasteiger partial charge in [0.15, 0.2) is 11.6 Å². The molecule has 5 nitrogen and oxygen atoms in total. The average Bonchev–Trinajstić information content (AvgIpc) is 2.28. The lowest BCUT2D eigenvalue weighted by atomic mass is 10.2. The van der Waals surface area contributed by atoms with Crippen LogP contribution in [0.2, 0.25) is 0 Å². The van der Waals surface area contributed by atoms with Crippen LogP contribution in [-0.2, 0) is 0 Å². The van der Waals surface area contributed by atoms with E-state index in [4.69, 9.17) is 5.11 Å². The fourth-order valence-corrected chi connectivity index (χ4v) is 1.53. The molecule has 0 aliphatic carbocycles. The standard InChI is InChI=1S/C11H12F2N2O3/c1-2-3-14(4-5-16)11-9(12)6-8(15(17)18)7-10(11)13/h2,6-7,16H,1,3-5H2. The molecule has 1 aromatic carbocycles. The molecule has 1 rings (SSSR count). The molecule has 0 saturated heterocycles. The van der Waals surface area contributed by atoms with Crippen LogP contribution in [0.25, 0.3) is 0 Å². The lowest BCUT2D eigenvalue weighted by Gasteiger charge is -2.23. The first kappa shape index (κ1) is 14.0. The summed E-state index contributed by atoms with van der Waals surface area (Å²) in [5.74, 6) is -2.09.